The Bertz CT molecular complexity index is 1250. The van der Waals surface area contributed by atoms with Gasteiger partial charge in [-0.25, -0.2) is 4.99 Å². The molecule has 2 aromatic carbocycles. The largest absolute Gasteiger partial charge is 0.416 e. The molecule has 0 aromatic heterocycles. The van der Waals surface area contributed by atoms with Crippen LogP contribution in [0.1, 0.15) is 75.0 Å². The van der Waals surface area contributed by atoms with Crippen molar-refractivity contribution in [2.45, 2.75) is 76.7 Å². The van der Waals surface area contributed by atoms with Gasteiger partial charge in [0.05, 0.1) is 29.0 Å². The molecule has 0 bridgehead atoms. The number of fused-ring (bicyclic) bond motifs is 1. The van der Waals surface area contributed by atoms with Crippen molar-refractivity contribution in [1.29, 1.82) is 0 Å². The molecule has 0 saturated heterocycles. The number of hydrogen-bond acceptors (Lipinski definition) is 4. The van der Waals surface area contributed by atoms with Crippen LogP contribution in [-0.2, 0) is 15.8 Å². The van der Waals surface area contributed by atoms with Crippen molar-refractivity contribution < 1.29 is 27.9 Å². The molecule has 2 aromatic rings. The molecule has 2 saturated carbocycles. The highest BCUT2D eigenvalue weighted by Gasteiger charge is 2.39. The summed E-state index contributed by atoms with van der Waals surface area (Å²) in [5.74, 6) is -0.721. The zero-order chi connectivity index (χ0) is 28.4. The number of para-hydroxylation sites is 1. The number of hydrogen-bond donors (Lipinski definition) is 2. The SMILES string of the molecule is CCCCC(O)C(CC1CC1)C(=O)NC1N=C(c2ccc(C(F)(F)F)cc2)c2ccccc2N(CC2CC2)C1=O. The van der Waals surface area contributed by atoms with E-state index in [0.717, 1.165) is 50.7 Å². The predicted octanol–water partition coefficient (Wildman–Crippen LogP) is 5.71. The number of aliphatic imine (C=N–C) groups is 1. The number of unbranched alkanes of at least 4 members (excludes halogenated alkanes) is 1. The third-order valence-electron chi connectivity index (χ3n) is 8.05. The van der Waals surface area contributed by atoms with Crippen LogP contribution in [0.15, 0.2) is 53.5 Å². The summed E-state index contributed by atoms with van der Waals surface area (Å²) in [4.78, 5) is 33.9. The number of halogens is 3. The first-order valence-electron chi connectivity index (χ1n) is 14.3. The van der Waals surface area contributed by atoms with Gasteiger partial charge in [0.15, 0.2) is 0 Å². The summed E-state index contributed by atoms with van der Waals surface area (Å²) in [6.45, 7) is 2.50. The lowest BCUT2D eigenvalue weighted by Crippen LogP contribution is -2.51. The second-order valence-electron chi connectivity index (χ2n) is 11.4. The van der Waals surface area contributed by atoms with Gasteiger partial charge >= 0.3 is 6.18 Å². The third-order valence-corrected chi connectivity index (χ3v) is 8.05. The zero-order valence-electron chi connectivity index (χ0n) is 22.7. The van der Waals surface area contributed by atoms with Crippen LogP contribution in [0.2, 0.25) is 0 Å². The maximum atomic E-state index is 14.0. The van der Waals surface area contributed by atoms with Crippen LogP contribution in [0.3, 0.4) is 0 Å². The number of nitrogens with one attached hydrogen (secondary N) is 1. The van der Waals surface area contributed by atoms with E-state index in [-0.39, 0.29) is 5.91 Å². The number of rotatable bonds is 11. The fourth-order valence-corrected chi connectivity index (χ4v) is 5.33. The number of carbonyl (C=O) groups excluding carboxylic acids is 2. The topological polar surface area (TPSA) is 82.0 Å². The average Bonchev–Trinajstić information content (AvgIpc) is 3.86. The molecule has 3 aliphatic rings. The smallest absolute Gasteiger partial charge is 0.392 e. The van der Waals surface area contributed by atoms with Crippen LogP contribution < -0.4 is 10.2 Å². The van der Waals surface area contributed by atoms with E-state index in [1.165, 1.54) is 12.1 Å². The Balaban J connectivity index is 1.51. The highest BCUT2D eigenvalue weighted by atomic mass is 19.4. The van der Waals surface area contributed by atoms with Gasteiger partial charge in [0.25, 0.3) is 5.91 Å². The van der Waals surface area contributed by atoms with E-state index in [9.17, 15) is 27.9 Å². The lowest BCUT2D eigenvalue weighted by Gasteiger charge is -2.27. The Morgan fingerprint density at radius 3 is 2.38 bits per heavy atom. The Hall–Kier alpha value is -3.20. The first-order chi connectivity index (χ1) is 19.2. The summed E-state index contributed by atoms with van der Waals surface area (Å²) in [6.07, 6.45) is 0.217. The fourth-order valence-electron chi connectivity index (χ4n) is 5.33. The molecule has 2 aliphatic carbocycles. The van der Waals surface area contributed by atoms with Crippen LogP contribution in [-0.4, -0.2) is 41.4 Å². The molecular formula is C31H36F3N3O3. The number of anilines is 1. The van der Waals surface area contributed by atoms with E-state index in [1.54, 1.807) is 17.0 Å². The van der Waals surface area contributed by atoms with Crippen molar-refractivity contribution in [3.63, 3.8) is 0 Å². The van der Waals surface area contributed by atoms with Crippen LogP contribution in [0.4, 0.5) is 18.9 Å². The number of aliphatic hydroxyl groups excluding tert-OH is 1. The predicted molar refractivity (Wildman–Crippen MR) is 147 cm³/mol. The van der Waals surface area contributed by atoms with Gasteiger partial charge in [0, 0.05) is 17.7 Å². The molecule has 40 heavy (non-hydrogen) atoms. The molecule has 3 atom stereocenters. The van der Waals surface area contributed by atoms with Crippen molar-refractivity contribution in [2.24, 2.45) is 22.7 Å². The molecule has 0 spiro atoms. The molecule has 6 nitrogen and oxygen atoms in total. The van der Waals surface area contributed by atoms with Crippen LogP contribution in [0.5, 0.6) is 0 Å². The third kappa shape index (κ3) is 6.57. The molecular weight excluding hydrogens is 519 g/mol. The van der Waals surface area contributed by atoms with Crippen LogP contribution >= 0.6 is 0 Å². The van der Waals surface area contributed by atoms with Gasteiger partial charge in [-0.3, -0.25) is 9.59 Å². The lowest BCUT2D eigenvalue weighted by atomic mass is 9.91. The molecule has 1 heterocycles. The minimum Gasteiger partial charge on any atom is -0.392 e. The zero-order valence-corrected chi connectivity index (χ0v) is 22.7. The molecule has 3 unspecified atom stereocenters. The maximum Gasteiger partial charge on any atom is 0.416 e. The number of amides is 2. The Morgan fingerprint density at radius 2 is 1.75 bits per heavy atom. The van der Waals surface area contributed by atoms with Crippen LogP contribution in [0.25, 0.3) is 0 Å². The van der Waals surface area contributed by atoms with Gasteiger partial charge in [0.1, 0.15) is 0 Å². The molecule has 214 valence electrons. The lowest BCUT2D eigenvalue weighted by molar-refractivity contribution is -0.137. The van der Waals surface area contributed by atoms with Crippen LogP contribution in [0, 0.1) is 17.8 Å². The number of aliphatic hydroxyl groups is 1. The monoisotopic (exact) mass is 555 g/mol. The van der Waals surface area contributed by atoms with Gasteiger partial charge in [-0.15, -0.1) is 0 Å². The van der Waals surface area contributed by atoms with Gasteiger partial charge in [0.2, 0.25) is 12.1 Å². The van der Waals surface area contributed by atoms with Crippen molar-refractivity contribution in [3.8, 4) is 0 Å². The molecule has 9 heteroatoms. The Morgan fingerprint density at radius 1 is 1.07 bits per heavy atom. The second kappa shape index (κ2) is 11.7. The Kier molecular flexibility index (Phi) is 8.31. The molecule has 0 radical (unpaired) electrons. The van der Waals surface area contributed by atoms with Gasteiger partial charge in [-0.05, 0) is 55.7 Å². The quantitative estimate of drug-likeness (QED) is 0.373. The minimum absolute atomic E-state index is 0.339. The molecule has 5 rings (SSSR count). The number of benzodiazepines with no additional fused rings is 1. The maximum absolute atomic E-state index is 14.0. The van der Waals surface area contributed by atoms with E-state index in [0.29, 0.717) is 53.7 Å². The van der Waals surface area contributed by atoms with E-state index >= 15 is 0 Å². The van der Waals surface area contributed by atoms with E-state index in [4.69, 9.17) is 4.99 Å². The molecule has 1 aliphatic heterocycles. The summed E-state index contributed by atoms with van der Waals surface area (Å²) < 4.78 is 39.8. The summed E-state index contributed by atoms with van der Waals surface area (Å²) in [6, 6.07) is 11.9. The van der Waals surface area contributed by atoms with Crippen molar-refractivity contribution in [3.05, 3.63) is 65.2 Å². The number of benzene rings is 2. The fraction of sp³-hybridized carbons (Fsp3) is 0.516. The van der Waals surface area contributed by atoms with Crippen molar-refractivity contribution in [1.82, 2.24) is 5.32 Å². The standard InChI is InChI=1S/C31H36F3N3O3/c1-2-3-8-26(38)24(17-19-9-10-19)29(39)36-28-30(40)37(18-20-11-12-20)25-7-5-4-6-23(25)27(35-28)21-13-15-22(16-14-21)31(32,33)34/h4-7,13-16,19-20,24,26,28,38H,2-3,8-12,17-18H2,1H3,(H,36,39). The molecule has 2 fully saturated rings. The average molecular weight is 556 g/mol. The summed E-state index contributed by atoms with van der Waals surface area (Å²) in [5.41, 5.74) is 1.21. The van der Waals surface area contributed by atoms with E-state index in [1.807, 2.05) is 19.1 Å². The summed E-state index contributed by atoms with van der Waals surface area (Å²) >= 11 is 0. The summed E-state index contributed by atoms with van der Waals surface area (Å²) in [5, 5.41) is 13.7. The van der Waals surface area contributed by atoms with Gasteiger partial charge in [-0.2, -0.15) is 13.2 Å². The highest BCUT2D eigenvalue weighted by Crippen LogP contribution is 2.38. The molecule has 2 N–H and O–H groups in total. The van der Waals surface area contributed by atoms with E-state index in [2.05, 4.69) is 5.32 Å². The van der Waals surface area contributed by atoms with Crippen molar-refractivity contribution >= 4 is 23.2 Å². The Labute approximate surface area is 232 Å². The first kappa shape index (κ1) is 28.3. The van der Waals surface area contributed by atoms with E-state index < -0.39 is 35.8 Å². The second-order valence-corrected chi connectivity index (χ2v) is 11.4. The van der Waals surface area contributed by atoms with Gasteiger partial charge < -0.3 is 15.3 Å². The summed E-state index contributed by atoms with van der Waals surface area (Å²) in [7, 11) is 0. The molecule has 2 amide bonds. The highest BCUT2D eigenvalue weighted by molar-refractivity contribution is 6.20. The first-order valence-corrected chi connectivity index (χ1v) is 14.3. The number of carbonyl (C=O) groups is 2. The number of alkyl halides is 3. The van der Waals surface area contributed by atoms with Crippen molar-refractivity contribution in [2.75, 3.05) is 11.4 Å². The minimum atomic E-state index is -4.48. The number of nitrogens with zero attached hydrogens (tertiary/aromatic N) is 2. The normalized spacial score (nSPS) is 20.8. The van der Waals surface area contributed by atoms with Gasteiger partial charge in [-0.1, -0.05) is 62.9 Å².